The standard InChI is InChI=1S/C12H20N4O/c1-16(2)11-13-8-5-10(14-11)15-12(9-17)6-3-4-7-12/h5,8,17H,3-4,6-7,9H2,1-2H3,(H,13,14,15). The smallest absolute Gasteiger partial charge is 0.226 e. The monoisotopic (exact) mass is 236 g/mol. The van der Waals surface area contributed by atoms with E-state index in [1.54, 1.807) is 6.20 Å². The van der Waals surface area contributed by atoms with E-state index < -0.39 is 0 Å². The molecule has 5 nitrogen and oxygen atoms in total. The van der Waals surface area contributed by atoms with Gasteiger partial charge in [-0.2, -0.15) is 4.98 Å². The van der Waals surface area contributed by atoms with E-state index in [2.05, 4.69) is 15.3 Å². The topological polar surface area (TPSA) is 61.3 Å². The molecule has 1 fully saturated rings. The summed E-state index contributed by atoms with van der Waals surface area (Å²) in [6.45, 7) is 0.161. The van der Waals surface area contributed by atoms with E-state index >= 15 is 0 Å². The second-order valence-corrected chi connectivity index (χ2v) is 4.91. The Labute approximate surface area is 102 Å². The van der Waals surface area contributed by atoms with Crippen molar-refractivity contribution < 1.29 is 5.11 Å². The van der Waals surface area contributed by atoms with Gasteiger partial charge in [-0.1, -0.05) is 12.8 Å². The second kappa shape index (κ2) is 4.87. The molecule has 1 aliphatic carbocycles. The van der Waals surface area contributed by atoms with E-state index in [0.717, 1.165) is 18.7 Å². The number of anilines is 2. The number of hydrogen-bond donors (Lipinski definition) is 2. The molecule has 1 aromatic rings. The van der Waals surface area contributed by atoms with Crippen molar-refractivity contribution in [2.75, 3.05) is 30.9 Å². The van der Waals surface area contributed by atoms with Crippen molar-refractivity contribution in [1.29, 1.82) is 0 Å². The van der Waals surface area contributed by atoms with Crippen LogP contribution >= 0.6 is 0 Å². The molecule has 0 spiro atoms. The predicted molar refractivity (Wildman–Crippen MR) is 68.3 cm³/mol. The van der Waals surface area contributed by atoms with Crippen molar-refractivity contribution in [3.8, 4) is 0 Å². The Hall–Kier alpha value is -1.36. The number of rotatable bonds is 4. The number of aliphatic hydroxyl groups is 1. The van der Waals surface area contributed by atoms with Gasteiger partial charge >= 0.3 is 0 Å². The van der Waals surface area contributed by atoms with Crippen molar-refractivity contribution in [3.05, 3.63) is 12.3 Å². The summed E-state index contributed by atoms with van der Waals surface area (Å²) in [6, 6.07) is 1.85. The van der Waals surface area contributed by atoms with Gasteiger partial charge < -0.3 is 15.3 Å². The Bertz CT molecular complexity index is 375. The molecule has 0 bridgehead atoms. The highest BCUT2D eigenvalue weighted by molar-refractivity contribution is 5.42. The first-order chi connectivity index (χ1) is 8.15. The second-order valence-electron chi connectivity index (χ2n) is 4.91. The van der Waals surface area contributed by atoms with Gasteiger partial charge in [-0.3, -0.25) is 0 Å². The molecule has 0 atom stereocenters. The summed E-state index contributed by atoms with van der Waals surface area (Å²) < 4.78 is 0. The molecule has 0 unspecified atom stereocenters. The summed E-state index contributed by atoms with van der Waals surface area (Å²) in [6.07, 6.45) is 6.08. The Morgan fingerprint density at radius 2 is 2.12 bits per heavy atom. The van der Waals surface area contributed by atoms with Crippen LogP contribution in [0, 0.1) is 0 Å². The SMILES string of the molecule is CN(C)c1nccc(NC2(CO)CCCC2)n1. The molecule has 1 heterocycles. The number of aromatic nitrogens is 2. The lowest BCUT2D eigenvalue weighted by Gasteiger charge is -2.28. The molecular formula is C12H20N4O. The van der Waals surface area contributed by atoms with E-state index in [4.69, 9.17) is 0 Å². The molecular weight excluding hydrogens is 216 g/mol. The normalized spacial score (nSPS) is 18.1. The van der Waals surface area contributed by atoms with Crippen molar-refractivity contribution in [2.45, 2.75) is 31.2 Å². The molecule has 0 aromatic carbocycles. The highest BCUT2D eigenvalue weighted by Crippen LogP contribution is 2.32. The van der Waals surface area contributed by atoms with E-state index in [1.807, 2.05) is 25.1 Å². The average Bonchev–Trinajstić information content (AvgIpc) is 2.78. The predicted octanol–water partition coefficient (Wildman–Crippen LogP) is 1.26. The van der Waals surface area contributed by atoms with Gasteiger partial charge in [-0.25, -0.2) is 4.98 Å². The van der Waals surface area contributed by atoms with Crippen LogP contribution in [0.25, 0.3) is 0 Å². The van der Waals surface area contributed by atoms with Crippen LogP contribution in [0.2, 0.25) is 0 Å². The van der Waals surface area contributed by atoms with Crippen LogP contribution < -0.4 is 10.2 Å². The minimum Gasteiger partial charge on any atom is -0.394 e. The quantitative estimate of drug-likeness (QED) is 0.824. The zero-order valence-corrected chi connectivity index (χ0v) is 10.5. The van der Waals surface area contributed by atoms with Crippen molar-refractivity contribution in [1.82, 2.24) is 9.97 Å². The fourth-order valence-electron chi connectivity index (χ4n) is 2.28. The highest BCUT2D eigenvalue weighted by atomic mass is 16.3. The van der Waals surface area contributed by atoms with Crippen LogP contribution in [0.3, 0.4) is 0 Å². The molecule has 1 aliphatic rings. The summed E-state index contributed by atoms with van der Waals surface area (Å²) in [5, 5.41) is 12.9. The molecule has 1 aromatic heterocycles. The fraction of sp³-hybridized carbons (Fsp3) is 0.667. The Morgan fingerprint density at radius 3 is 2.71 bits per heavy atom. The van der Waals surface area contributed by atoms with Crippen LogP contribution in [0.5, 0.6) is 0 Å². The van der Waals surface area contributed by atoms with E-state index in [1.165, 1.54) is 12.8 Å². The molecule has 0 saturated heterocycles. The first-order valence-electron chi connectivity index (χ1n) is 6.05. The van der Waals surface area contributed by atoms with Gasteiger partial charge in [-0.15, -0.1) is 0 Å². The summed E-state index contributed by atoms with van der Waals surface area (Å²) >= 11 is 0. The van der Waals surface area contributed by atoms with Crippen LogP contribution in [0.15, 0.2) is 12.3 Å². The maximum atomic E-state index is 9.54. The Balaban J connectivity index is 2.14. The zero-order chi connectivity index (χ0) is 12.3. The molecule has 1 saturated carbocycles. The Morgan fingerprint density at radius 1 is 1.41 bits per heavy atom. The highest BCUT2D eigenvalue weighted by Gasteiger charge is 2.33. The zero-order valence-electron chi connectivity index (χ0n) is 10.5. The fourth-order valence-corrected chi connectivity index (χ4v) is 2.28. The van der Waals surface area contributed by atoms with Gasteiger partial charge in [-0.05, 0) is 18.9 Å². The summed E-state index contributed by atoms with van der Waals surface area (Å²) in [5.74, 6) is 1.47. The third-order valence-corrected chi connectivity index (χ3v) is 3.30. The Kier molecular flexibility index (Phi) is 3.47. The molecule has 0 amide bonds. The van der Waals surface area contributed by atoms with Gasteiger partial charge in [0, 0.05) is 20.3 Å². The minimum atomic E-state index is -0.183. The number of aliphatic hydroxyl groups excluding tert-OH is 1. The lowest BCUT2D eigenvalue weighted by atomic mass is 9.99. The third kappa shape index (κ3) is 2.66. The van der Waals surface area contributed by atoms with E-state index in [0.29, 0.717) is 5.95 Å². The van der Waals surface area contributed by atoms with Crippen LogP contribution in [-0.2, 0) is 0 Å². The van der Waals surface area contributed by atoms with Gasteiger partial charge in [0.1, 0.15) is 5.82 Å². The molecule has 5 heteroatoms. The molecule has 17 heavy (non-hydrogen) atoms. The van der Waals surface area contributed by atoms with Gasteiger partial charge in [0.05, 0.1) is 12.1 Å². The number of nitrogens with zero attached hydrogens (tertiary/aromatic N) is 3. The van der Waals surface area contributed by atoms with Crippen molar-refractivity contribution in [3.63, 3.8) is 0 Å². The third-order valence-electron chi connectivity index (χ3n) is 3.30. The first kappa shape index (κ1) is 12.1. The van der Waals surface area contributed by atoms with Crippen LogP contribution in [-0.4, -0.2) is 41.3 Å². The molecule has 2 N–H and O–H groups in total. The molecule has 0 radical (unpaired) electrons. The van der Waals surface area contributed by atoms with Crippen molar-refractivity contribution in [2.24, 2.45) is 0 Å². The molecule has 2 rings (SSSR count). The maximum absolute atomic E-state index is 9.54. The van der Waals surface area contributed by atoms with Crippen molar-refractivity contribution >= 4 is 11.8 Å². The van der Waals surface area contributed by atoms with Gasteiger partial charge in [0.25, 0.3) is 0 Å². The van der Waals surface area contributed by atoms with Crippen LogP contribution in [0.4, 0.5) is 11.8 Å². The summed E-state index contributed by atoms with van der Waals surface area (Å²) in [4.78, 5) is 10.5. The largest absolute Gasteiger partial charge is 0.394 e. The van der Waals surface area contributed by atoms with E-state index in [-0.39, 0.29) is 12.1 Å². The maximum Gasteiger partial charge on any atom is 0.226 e. The molecule has 94 valence electrons. The van der Waals surface area contributed by atoms with Gasteiger partial charge in [0.15, 0.2) is 0 Å². The summed E-state index contributed by atoms with van der Waals surface area (Å²) in [7, 11) is 3.83. The lowest BCUT2D eigenvalue weighted by molar-refractivity contribution is 0.214. The average molecular weight is 236 g/mol. The number of hydrogen-bond acceptors (Lipinski definition) is 5. The summed E-state index contributed by atoms with van der Waals surface area (Å²) in [5.41, 5.74) is -0.183. The number of nitrogens with one attached hydrogen (secondary N) is 1. The van der Waals surface area contributed by atoms with E-state index in [9.17, 15) is 5.11 Å². The lowest BCUT2D eigenvalue weighted by Crippen LogP contribution is -2.39. The molecule has 0 aliphatic heterocycles. The minimum absolute atomic E-state index is 0.161. The van der Waals surface area contributed by atoms with Crippen LogP contribution in [0.1, 0.15) is 25.7 Å². The first-order valence-corrected chi connectivity index (χ1v) is 6.05. The van der Waals surface area contributed by atoms with Gasteiger partial charge in [0.2, 0.25) is 5.95 Å².